The lowest BCUT2D eigenvalue weighted by Gasteiger charge is -2.33. The van der Waals surface area contributed by atoms with E-state index in [1.54, 1.807) is 11.1 Å². The molecule has 0 aromatic carbocycles. The molecule has 5 heteroatoms. The van der Waals surface area contributed by atoms with Gasteiger partial charge in [0.05, 0.1) is 0 Å². The normalized spacial score (nSPS) is 16.7. The van der Waals surface area contributed by atoms with E-state index in [1.807, 2.05) is 39.8 Å². The lowest BCUT2D eigenvalue weighted by molar-refractivity contribution is 0.0126. The fourth-order valence-electron chi connectivity index (χ4n) is 2.27. The van der Waals surface area contributed by atoms with E-state index in [2.05, 4.69) is 4.98 Å². The van der Waals surface area contributed by atoms with Crippen molar-refractivity contribution in [2.24, 2.45) is 0 Å². The van der Waals surface area contributed by atoms with Gasteiger partial charge in [-0.25, -0.2) is 4.79 Å². The molecule has 21 heavy (non-hydrogen) atoms. The Bertz CT molecular complexity index is 489. The number of piperidine rings is 1. The third-order valence-corrected chi connectivity index (χ3v) is 3.26. The van der Waals surface area contributed by atoms with Gasteiger partial charge in [-0.2, -0.15) is 0 Å². The van der Waals surface area contributed by atoms with Crippen LogP contribution in [0.5, 0.6) is 5.75 Å². The highest BCUT2D eigenvalue weighted by atomic mass is 16.6. The largest absolute Gasteiger partial charge is 0.490 e. The Labute approximate surface area is 126 Å². The number of carbonyl (C=O) groups excluding carboxylic acids is 1. The molecule has 0 aliphatic carbocycles. The Morgan fingerprint density at radius 2 is 2.00 bits per heavy atom. The monoisotopic (exact) mass is 292 g/mol. The van der Waals surface area contributed by atoms with Crippen molar-refractivity contribution in [3.63, 3.8) is 0 Å². The smallest absolute Gasteiger partial charge is 0.410 e. The number of nitrogens with zero attached hydrogens (tertiary/aromatic N) is 2. The van der Waals surface area contributed by atoms with Gasteiger partial charge in [-0.1, -0.05) is 0 Å². The maximum Gasteiger partial charge on any atom is 0.410 e. The molecule has 0 radical (unpaired) electrons. The minimum atomic E-state index is -0.445. The summed E-state index contributed by atoms with van der Waals surface area (Å²) < 4.78 is 11.3. The topological polar surface area (TPSA) is 51.7 Å². The van der Waals surface area contributed by atoms with Crippen molar-refractivity contribution in [3.8, 4) is 5.75 Å². The molecule has 0 bridgehead atoms. The summed E-state index contributed by atoms with van der Waals surface area (Å²) in [5, 5.41) is 0. The average molecular weight is 292 g/mol. The first-order chi connectivity index (χ1) is 9.83. The summed E-state index contributed by atoms with van der Waals surface area (Å²) in [6.45, 7) is 8.93. The lowest BCUT2D eigenvalue weighted by Crippen LogP contribution is -2.44. The Morgan fingerprint density at radius 1 is 1.33 bits per heavy atom. The van der Waals surface area contributed by atoms with Gasteiger partial charge in [0, 0.05) is 43.9 Å². The molecular weight excluding hydrogens is 268 g/mol. The van der Waals surface area contributed by atoms with Crippen molar-refractivity contribution in [3.05, 3.63) is 24.0 Å². The standard InChI is InChI=1S/C16H24N2O3/c1-12-11-14(5-8-17-12)20-13-6-9-18(10-7-13)15(19)21-16(2,3)4/h5,8,11,13H,6-7,9-10H2,1-4H3. The van der Waals surface area contributed by atoms with Gasteiger partial charge in [0.25, 0.3) is 0 Å². The molecule has 0 spiro atoms. The highest BCUT2D eigenvalue weighted by molar-refractivity contribution is 5.68. The number of aromatic nitrogens is 1. The molecule has 1 fully saturated rings. The number of carbonyl (C=O) groups is 1. The summed E-state index contributed by atoms with van der Waals surface area (Å²) >= 11 is 0. The summed E-state index contributed by atoms with van der Waals surface area (Å²) in [6, 6.07) is 3.80. The summed E-state index contributed by atoms with van der Waals surface area (Å²) in [6.07, 6.45) is 3.30. The van der Waals surface area contributed by atoms with Gasteiger partial charge in [0.15, 0.2) is 0 Å². The van der Waals surface area contributed by atoms with Gasteiger partial charge in [-0.05, 0) is 33.8 Å². The first-order valence-corrected chi connectivity index (χ1v) is 7.41. The van der Waals surface area contributed by atoms with Gasteiger partial charge in [-0.15, -0.1) is 0 Å². The summed E-state index contributed by atoms with van der Waals surface area (Å²) in [4.78, 5) is 17.9. The summed E-state index contributed by atoms with van der Waals surface area (Å²) in [7, 11) is 0. The van der Waals surface area contributed by atoms with Crippen LogP contribution in [0.3, 0.4) is 0 Å². The van der Waals surface area contributed by atoms with E-state index in [-0.39, 0.29) is 12.2 Å². The molecule has 1 aromatic rings. The van der Waals surface area contributed by atoms with E-state index >= 15 is 0 Å². The minimum Gasteiger partial charge on any atom is -0.490 e. The van der Waals surface area contributed by atoms with Crippen molar-refractivity contribution < 1.29 is 14.3 Å². The highest BCUT2D eigenvalue weighted by Gasteiger charge is 2.27. The van der Waals surface area contributed by atoms with E-state index in [4.69, 9.17) is 9.47 Å². The third-order valence-electron chi connectivity index (χ3n) is 3.26. The highest BCUT2D eigenvalue weighted by Crippen LogP contribution is 2.20. The molecule has 0 atom stereocenters. The van der Waals surface area contributed by atoms with Crippen LogP contribution >= 0.6 is 0 Å². The zero-order chi connectivity index (χ0) is 15.5. The van der Waals surface area contributed by atoms with Crippen LogP contribution in [-0.2, 0) is 4.74 Å². The molecule has 1 aromatic heterocycles. The van der Waals surface area contributed by atoms with E-state index in [0.29, 0.717) is 13.1 Å². The first-order valence-electron chi connectivity index (χ1n) is 7.41. The van der Waals surface area contributed by atoms with Crippen LogP contribution in [0, 0.1) is 6.92 Å². The van der Waals surface area contributed by atoms with Crippen LogP contribution in [0.25, 0.3) is 0 Å². The quantitative estimate of drug-likeness (QED) is 0.840. The maximum absolute atomic E-state index is 12.0. The number of hydrogen-bond donors (Lipinski definition) is 0. The molecule has 2 rings (SSSR count). The van der Waals surface area contributed by atoms with Gasteiger partial charge in [0.2, 0.25) is 0 Å². The van der Waals surface area contributed by atoms with E-state index in [9.17, 15) is 4.79 Å². The van der Waals surface area contributed by atoms with Crippen LogP contribution in [0.4, 0.5) is 4.79 Å². The SMILES string of the molecule is Cc1cc(OC2CCN(C(=O)OC(C)(C)C)CC2)ccn1. The zero-order valence-corrected chi connectivity index (χ0v) is 13.3. The molecule has 5 nitrogen and oxygen atoms in total. The average Bonchev–Trinajstić information content (AvgIpc) is 2.37. The van der Waals surface area contributed by atoms with Crippen molar-refractivity contribution in [2.45, 2.75) is 52.2 Å². The van der Waals surface area contributed by atoms with Crippen LogP contribution in [0.1, 0.15) is 39.3 Å². The van der Waals surface area contributed by atoms with Crippen molar-refractivity contribution in [1.82, 2.24) is 9.88 Å². The van der Waals surface area contributed by atoms with Gasteiger partial charge < -0.3 is 14.4 Å². The number of aryl methyl sites for hydroxylation is 1. The number of ether oxygens (including phenoxy) is 2. The van der Waals surface area contributed by atoms with Crippen LogP contribution < -0.4 is 4.74 Å². The van der Waals surface area contributed by atoms with Crippen molar-refractivity contribution in [1.29, 1.82) is 0 Å². The summed E-state index contributed by atoms with van der Waals surface area (Å²) in [5.41, 5.74) is 0.498. The number of amides is 1. The fourth-order valence-corrected chi connectivity index (χ4v) is 2.27. The molecule has 0 saturated carbocycles. The predicted octanol–water partition coefficient (Wildman–Crippen LogP) is 3.17. The molecular formula is C16H24N2O3. The van der Waals surface area contributed by atoms with E-state index in [0.717, 1.165) is 24.3 Å². The lowest BCUT2D eigenvalue weighted by atomic mass is 10.1. The third kappa shape index (κ3) is 4.92. The van der Waals surface area contributed by atoms with Crippen LogP contribution in [0.15, 0.2) is 18.3 Å². The zero-order valence-electron chi connectivity index (χ0n) is 13.3. The fraction of sp³-hybridized carbons (Fsp3) is 0.625. The van der Waals surface area contributed by atoms with Crippen molar-refractivity contribution >= 4 is 6.09 Å². The molecule has 1 aliphatic heterocycles. The number of likely N-dealkylation sites (tertiary alicyclic amines) is 1. The number of rotatable bonds is 2. The molecule has 0 unspecified atom stereocenters. The minimum absolute atomic E-state index is 0.144. The number of hydrogen-bond acceptors (Lipinski definition) is 4. The Balaban J connectivity index is 1.82. The molecule has 1 aliphatic rings. The van der Waals surface area contributed by atoms with E-state index in [1.165, 1.54) is 0 Å². The van der Waals surface area contributed by atoms with Crippen molar-refractivity contribution in [2.75, 3.05) is 13.1 Å². The molecule has 0 N–H and O–H groups in total. The second-order valence-corrected chi connectivity index (χ2v) is 6.42. The van der Waals surface area contributed by atoms with E-state index < -0.39 is 5.60 Å². The predicted molar refractivity (Wildman–Crippen MR) is 80.4 cm³/mol. The molecule has 116 valence electrons. The Hall–Kier alpha value is -1.78. The maximum atomic E-state index is 12.0. The Kier molecular flexibility index (Phi) is 4.70. The van der Waals surface area contributed by atoms with Crippen LogP contribution in [-0.4, -0.2) is 40.8 Å². The van der Waals surface area contributed by atoms with Gasteiger partial charge in [-0.3, -0.25) is 4.98 Å². The van der Waals surface area contributed by atoms with Gasteiger partial charge in [0.1, 0.15) is 17.5 Å². The number of pyridine rings is 1. The molecule has 1 saturated heterocycles. The second-order valence-electron chi connectivity index (χ2n) is 6.42. The first kappa shape index (κ1) is 15.6. The Morgan fingerprint density at radius 3 is 2.57 bits per heavy atom. The summed E-state index contributed by atoms with van der Waals surface area (Å²) in [5.74, 6) is 0.846. The van der Waals surface area contributed by atoms with Gasteiger partial charge >= 0.3 is 6.09 Å². The molecule has 1 amide bonds. The second kappa shape index (κ2) is 6.33. The molecule has 2 heterocycles. The van der Waals surface area contributed by atoms with Crippen LogP contribution in [0.2, 0.25) is 0 Å².